The van der Waals surface area contributed by atoms with Crippen molar-refractivity contribution >= 4 is 12.0 Å². The molecule has 29 heavy (non-hydrogen) atoms. The topological polar surface area (TPSA) is 63.0 Å². The van der Waals surface area contributed by atoms with Crippen LogP contribution in [0.3, 0.4) is 0 Å². The molecular weight excluding hydrogens is 360 g/mol. The lowest BCUT2D eigenvalue weighted by atomic mass is 9.64. The quantitative estimate of drug-likeness (QED) is 0.688. The number of pyridine rings is 1. The van der Waals surface area contributed by atoms with Gasteiger partial charge in [-0.2, -0.15) is 5.26 Å². The smallest absolute Gasteiger partial charge is 0.309 e. The van der Waals surface area contributed by atoms with Crippen molar-refractivity contribution in [1.29, 1.82) is 5.26 Å². The second-order valence-electron chi connectivity index (χ2n) is 8.48. The van der Waals surface area contributed by atoms with Gasteiger partial charge < -0.3 is 4.74 Å². The van der Waals surface area contributed by atoms with Gasteiger partial charge in [-0.1, -0.05) is 51.1 Å². The third kappa shape index (κ3) is 3.58. The minimum Gasteiger partial charge on any atom is -0.462 e. The molecule has 2 heterocycles. The van der Waals surface area contributed by atoms with Crippen LogP contribution in [0, 0.1) is 40.9 Å². The molecule has 1 aliphatic carbocycles. The Balaban J connectivity index is 1.57. The van der Waals surface area contributed by atoms with Crippen LogP contribution >= 0.6 is 0 Å². The number of carbonyl (C=O) groups is 1. The van der Waals surface area contributed by atoms with E-state index in [2.05, 4.69) is 37.1 Å². The number of hydrogen-bond acceptors (Lipinski definition) is 4. The summed E-state index contributed by atoms with van der Waals surface area (Å²) < 4.78 is 5.65. The monoisotopic (exact) mass is 386 g/mol. The van der Waals surface area contributed by atoms with Gasteiger partial charge in [-0.15, -0.1) is 0 Å². The highest BCUT2D eigenvalue weighted by molar-refractivity contribution is 5.75. The first-order valence-electron chi connectivity index (χ1n) is 10.3. The van der Waals surface area contributed by atoms with Gasteiger partial charge in [0.05, 0.1) is 23.2 Å². The summed E-state index contributed by atoms with van der Waals surface area (Å²) >= 11 is 0. The Bertz CT molecular complexity index is 973. The van der Waals surface area contributed by atoms with Crippen molar-refractivity contribution in [3.63, 3.8) is 0 Å². The molecule has 2 fully saturated rings. The summed E-state index contributed by atoms with van der Waals surface area (Å²) in [6.07, 6.45) is 7.10. The molecule has 1 aromatic heterocycles. The summed E-state index contributed by atoms with van der Waals surface area (Å²) in [7, 11) is 0. The highest BCUT2D eigenvalue weighted by Crippen LogP contribution is 2.48. The molecule has 0 bridgehead atoms. The molecule has 4 rings (SSSR count). The first kappa shape index (κ1) is 19.4. The van der Waals surface area contributed by atoms with E-state index in [1.54, 1.807) is 0 Å². The Hall–Kier alpha value is -2.93. The maximum Gasteiger partial charge on any atom is 0.309 e. The number of allylic oxidation sites excluding steroid dienone is 1. The summed E-state index contributed by atoms with van der Waals surface area (Å²) in [5, 5.41) is 9.31. The number of aromatic nitrogens is 1. The van der Waals surface area contributed by atoms with Crippen molar-refractivity contribution in [2.24, 2.45) is 29.6 Å². The summed E-state index contributed by atoms with van der Waals surface area (Å²) in [4.78, 5) is 16.7. The lowest BCUT2D eigenvalue weighted by Crippen LogP contribution is -2.40. The lowest BCUT2D eigenvalue weighted by molar-refractivity contribution is -0.144. The number of fused-ring (bicyclic) bond motifs is 1. The zero-order valence-electron chi connectivity index (χ0n) is 17.1. The molecule has 2 aromatic rings. The molecule has 1 saturated heterocycles. The first-order valence-corrected chi connectivity index (χ1v) is 10.3. The van der Waals surface area contributed by atoms with E-state index in [1.807, 2.05) is 49.5 Å². The normalized spacial score (nSPS) is 31.3. The first-order chi connectivity index (χ1) is 14.0. The molecule has 0 spiro atoms. The van der Waals surface area contributed by atoms with E-state index in [0.717, 1.165) is 23.2 Å². The van der Waals surface area contributed by atoms with Gasteiger partial charge in [0, 0.05) is 23.2 Å². The fourth-order valence-electron chi connectivity index (χ4n) is 4.92. The van der Waals surface area contributed by atoms with Crippen molar-refractivity contribution in [2.45, 2.75) is 33.3 Å². The second-order valence-corrected chi connectivity index (χ2v) is 8.48. The predicted octanol–water partition coefficient (Wildman–Crippen LogP) is 5.10. The van der Waals surface area contributed by atoms with Crippen molar-refractivity contribution in [1.82, 2.24) is 4.98 Å². The third-order valence-electron chi connectivity index (χ3n) is 6.83. The highest BCUT2D eigenvalue weighted by atomic mass is 16.6. The average molecular weight is 386 g/mol. The third-order valence-corrected chi connectivity index (χ3v) is 6.83. The molecule has 1 saturated carbocycles. The lowest BCUT2D eigenvalue weighted by Gasteiger charge is -2.40. The number of ether oxygens (including phenoxy) is 1. The fourth-order valence-corrected chi connectivity index (χ4v) is 4.92. The molecule has 4 nitrogen and oxygen atoms in total. The number of esters is 1. The summed E-state index contributed by atoms with van der Waals surface area (Å²) in [6.45, 7) is 6.52. The molecule has 4 heteroatoms. The maximum absolute atomic E-state index is 12.1. The predicted molar refractivity (Wildman–Crippen MR) is 112 cm³/mol. The molecule has 0 N–H and O–H groups in total. The van der Waals surface area contributed by atoms with E-state index in [9.17, 15) is 10.1 Å². The Morgan fingerprint density at radius 3 is 2.69 bits per heavy atom. The van der Waals surface area contributed by atoms with Crippen LogP contribution in [0.25, 0.3) is 17.2 Å². The van der Waals surface area contributed by atoms with Crippen LogP contribution < -0.4 is 0 Å². The number of carbonyl (C=O) groups excluding carboxylic acids is 1. The van der Waals surface area contributed by atoms with Crippen LogP contribution in [0.4, 0.5) is 0 Å². The SMILES string of the molecule is C[C@H]1[C@H](/C=C/c2ccc(-c3ccccc3C#N)cn2)[C@H]2[C@@H](C[C@@H]1C)OC(=O)[C@@H]2C. The molecule has 2 aliphatic rings. The van der Waals surface area contributed by atoms with Crippen molar-refractivity contribution < 1.29 is 9.53 Å². The second kappa shape index (κ2) is 7.83. The summed E-state index contributed by atoms with van der Waals surface area (Å²) in [5.74, 6) is 1.44. The number of benzene rings is 1. The fraction of sp³-hybridized carbons (Fsp3) is 0.400. The van der Waals surface area contributed by atoms with Gasteiger partial charge in [-0.05, 0) is 42.4 Å². The number of nitrogens with zero attached hydrogens (tertiary/aromatic N) is 2. The van der Waals surface area contributed by atoms with Gasteiger partial charge >= 0.3 is 5.97 Å². The Kier molecular flexibility index (Phi) is 5.24. The van der Waals surface area contributed by atoms with Crippen molar-refractivity contribution in [2.75, 3.05) is 0 Å². The van der Waals surface area contributed by atoms with E-state index in [1.165, 1.54) is 0 Å². The molecule has 1 aromatic carbocycles. The Labute approximate surface area is 172 Å². The molecule has 0 unspecified atom stereocenters. The number of nitriles is 1. The molecular formula is C25H26N2O2. The minimum atomic E-state index is -0.0571. The number of rotatable bonds is 3. The average Bonchev–Trinajstić information content (AvgIpc) is 3.02. The molecule has 6 atom stereocenters. The van der Waals surface area contributed by atoms with Gasteiger partial charge in [0.2, 0.25) is 0 Å². The van der Waals surface area contributed by atoms with Crippen LogP contribution in [0.1, 0.15) is 38.4 Å². The van der Waals surface area contributed by atoms with Crippen LogP contribution in [0.5, 0.6) is 0 Å². The van der Waals surface area contributed by atoms with Crippen LogP contribution in [-0.4, -0.2) is 17.1 Å². The molecule has 1 aliphatic heterocycles. The van der Waals surface area contributed by atoms with Gasteiger partial charge in [-0.25, -0.2) is 0 Å². The van der Waals surface area contributed by atoms with Crippen molar-refractivity contribution in [3.8, 4) is 17.2 Å². The maximum atomic E-state index is 12.1. The number of hydrogen-bond donors (Lipinski definition) is 0. The zero-order valence-corrected chi connectivity index (χ0v) is 17.1. The van der Waals surface area contributed by atoms with E-state index >= 15 is 0 Å². The zero-order chi connectivity index (χ0) is 20.5. The van der Waals surface area contributed by atoms with Crippen LogP contribution in [-0.2, 0) is 9.53 Å². The van der Waals surface area contributed by atoms with Crippen LogP contribution in [0.2, 0.25) is 0 Å². The standard InChI is InChI=1S/C25H26N2O2/c1-15-12-23-24(17(3)25(28)29-23)21(16(15)2)11-10-20-9-8-19(14-27-20)22-7-5-4-6-18(22)13-26/h4-11,14-17,21,23-24H,12H2,1-3H3/b11-10+/t15-,16+,17+,21-,23+,24-/m0/s1. The van der Waals surface area contributed by atoms with Gasteiger partial charge in [-0.3, -0.25) is 9.78 Å². The molecule has 0 amide bonds. The highest BCUT2D eigenvalue weighted by Gasteiger charge is 2.50. The van der Waals surface area contributed by atoms with E-state index in [0.29, 0.717) is 23.3 Å². The van der Waals surface area contributed by atoms with Crippen molar-refractivity contribution in [3.05, 3.63) is 59.9 Å². The summed E-state index contributed by atoms with van der Waals surface area (Å²) in [5.41, 5.74) is 3.35. The Morgan fingerprint density at radius 2 is 1.97 bits per heavy atom. The largest absolute Gasteiger partial charge is 0.462 e. The van der Waals surface area contributed by atoms with E-state index < -0.39 is 0 Å². The molecule has 0 radical (unpaired) electrons. The van der Waals surface area contributed by atoms with Gasteiger partial charge in [0.1, 0.15) is 6.10 Å². The summed E-state index contributed by atoms with van der Waals surface area (Å²) in [6, 6.07) is 13.8. The minimum absolute atomic E-state index is 0.0381. The van der Waals surface area contributed by atoms with Crippen LogP contribution in [0.15, 0.2) is 48.7 Å². The van der Waals surface area contributed by atoms with Gasteiger partial charge in [0.15, 0.2) is 0 Å². The molecule has 148 valence electrons. The van der Waals surface area contributed by atoms with E-state index in [4.69, 9.17) is 4.74 Å². The van der Waals surface area contributed by atoms with E-state index in [-0.39, 0.29) is 23.9 Å². The van der Waals surface area contributed by atoms with Gasteiger partial charge in [0.25, 0.3) is 0 Å². The Morgan fingerprint density at radius 1 is 1.17 bits per heavy atom.